The van der Waals surface area contributed by atoms with Gasteiger partial charge in [0.15, 0.2) is 0 Å². The van der Waals surface area contributed by atoms with Gasteiger partial charge in [-0.25, -0.2) is 4.79 Å². The Morgan fingerprint density at radius 3 is 2.93 bits per heavy atom. The molecule has 0 saturated carbocycles. The third kappa shape index (κ3) is 2.99. The van der Waals surface area contributed by atoms with Crippen LogP contribution >= 0.6 is 11.6 Å². The molecule has 3 nitrogen and oxygen atoms in total. The molecule has 0 radical (unpaired) electrons. The van der Waals surface area contributed by atoms with Gasteiger partial charge in [-0.1, -0.05) is 24.3 Å². The average molecular weight is 227 g/mol. The summed E-state index contributed by atoms with van der Waals surface area (Å²) >= 11 is 5.79. The molecule has 0 aromatic heterocycles. The van der Waals surface area contributed by atoms with Crippen LogP contribution in [0.1, 0.15) is 10.4 Å². The van der Waals surface area contributed by atoms with Crippen molar-refractivity contribution in [1.29, 1.82) is 0 Å². The second kappa shape index (κ2) is 5.41. The highest BCUT2D eigenvalue weighted by Gasteiger charge is 2.12. The van der Waals surface area contributed by atoms with Crippen LogP contribution in [0.2, 0.25) is 5.02 Å². The zero-order valence-corrected chi connectivity index (χ0v) is 9.08. The maximum atomic E-state index is 11.3. The van der Waals surface area contributed by atoms with Gasteiger partial charge in [0.1, 0.15) is 17.9 Å². The van der Waals surface area contributed by atoms with Crippen LogP contribution in [0.15, 0.2) is 30.9 Å². The Bertz CT molecular complexity index is 374. The third-order valence-corrected chi connectivity index (χ3v) is 1.94. The van der Waals surface area contributed by atoms with Gasteiger partial charge in [0, 0.05) is 5.02 Å². The summed E-state index contributed by atoms with van der Waals surface area (Å²) in [4.78, 5) is 11.3. The van der Waals surface area contributed by atoms with Gasteiger partial charge in [-0.05, 0) is 18.2 Å². The topological polar surface area (TPSA) is 35.5 Å². The van der Waals surface area contributed by atoms with E-state index in [2.05, 4.69) is 11.3 Å². The van der Waals surface area contributed by atoms with E-state index in [1.54, 1.807) is 24.3 Å². The molecule has 15 heavy (non-hydrogen) atoms. The number of hydrogen-bond donors (Lipinski definition) is 0. The van der Waals surface area contributed by atoms with Crippen molar-refractivity contribution in [3.8, 4) is 5.75 Å². The van der Waals surface area contributed by atoms with Gasteiger partial charge in [0.25, 0.3) is 0 Å². The highest BCUT2D eigenvalue weighted by atomic mass is 35.5. The number of rotatable bonds is 4. The summed E-state index contributed by atoms with van der Waals surface area (Å²) < 4.78 is 9.90. The summed E-state index contributed by atoms with van der Waals surface area (Å²) in [5.74, 6) is -0.0556. The quantitative estimate of drug-likeness (QED) is 0.585. The highest BCUT2D eigenvalue weighted by molar-refractivity contribution is 6.30. The van der Waals surface area contributed by atoms with Crippen LogP contribution in [0.25, 0.3) is 0 Å². The normalized spacial score (nSPS) is 9.47. The number of methoxy groups -OCH3 is 1. The van der Waals surface area contributed by atoms with E-state index in [-0.39, 0.29) is 0 Å². The SMILES string of the molecule is C=CCOc1cc(Cl)ccc1C(=O)OC. The number of carbonyl (C=O) groups excluding carboxylic acids is 1. The summed E-state index contributed by atoms with van der Waals surface area (Å²) in [6, 6.07) is 4.73. The van der Waals surface area contributed by atoms with Crippen molar-refractivity contribution in [3.05, 3.63) is 41.4 Å². The molecule has 4 heteroatoms. The van der Waals surface area contributed by atoms with Crippen molar-refractivity contribution < 1.29 is 14.3 Å². The first-order valence-electron chi connectivity index (χ1n) is 4.30. The first-order chi connectivity index (χ1) is 7.19. The Morgan fingerprint density at radius 1 is 1.60 bits per heavy atom. The monoisotopic (exact) mass is 226 g/mol. The standard InChI is InChI=1S/C11H11ClO3/c1-3-6-15-10-7-8(12)4-5-9(10)11(13)14-2/h3-5,7H,1,6H2,2H3. The lowest BCUT2D eigenvalue weighted by Crippen LogP contribution is -2.05. The molecule has 0 bridgehead atoms. The Hall–Kier alpha value is -1.48. The highest BCUT2D eigenvalue weighted by Crippen LogP contribution is 2.24. The third-order valence-electron chi connectivity index (χ3n) is 1.71. The van der Waals surface area contributed by atoms with Crippen molar-refractivity contribution in [3.63, 3.8) is 0 Å². The fraction of sp³-hybridized carbons (Fsp3) is 0.182. The lowest BCUT2D eigenvalue weighted by molar-refractivity contribution is 0.0596. The molecule has 0 saturated heterocycles. The molecule has 0 aliphatic carbocycles. The molecule has 1 aromatic rings. The van der Waals surface area contributed by atoms with E-state index < -0.39 is 5.97 Å². The van der Waals surface area contributed by atoms with Gasteiger partial charge < -0.3 is 9.47 Å². The second-order valence-electron chi connectivity index (χ2n) is 2.73. The van der Waals surface area contributed by atoms with Crippen molar-refractivity contribution in [2.24, 2.45) is 0 Å². The maximum Gasteiger partial charge on any atom is 0.341 e. The number of carbonyl (C=O) groups is 1. The van der Waals surface area contributed by atoms with Gasteiger partial charge in [-0.15, -0.1) is 0 Å². The molecular weight excluding hydrogens is 216 g/mol. The molecule has 1 rings (SSSR count). The second-order valence-corrected chi connectivity index (χ2v) is 3.17. The molecular formula is C11H11ClO3. The van der Waals surface area contributed by atoms with E-state index in [0.717, 1.165) is 0 Å². The van der Waals surface area contributed by atoms with Crippen LogP contribution in [0.5, 0.6) is 5.75 Å². The Kier molecular flexibility index (Phi) is 4.18. The van der Waals surface area contributed by atoms with Crippen molar-refractivity contribution in [1.82, 2.24) is 0 Å². The number of hydrogen-bond acceptors (Lipinski definition) is 3. The van der Waals surface area contributed by atoms with Crippen molar-refractivity contribution in [2.75, 3.05) is 13.7 Å². The first-order valence-corrected chi connectivity index (χ1v) is 4.68. The fourth-order valence-corrected chi connectivity index (χ4v) is 1.20. The smallest absolute Gasteiger partial charge is 0.341 e. The number of esters is 1. The maximum absolute atomic E-state index is 11.3. The van der Waals surface area contributed by atoms with Crippen LogP contribution < -0.4 is 4.74 Å². The van der Waals surface area contributed by atoms with Crippen molar-refractivity contribution in [2.45, 2.75) is 0 Å². The van der Waals surface area contributed by atoms with E-state index in [1.807, 2.05) is 0 Å². The molecule has 1 aromatic carbocycles. The summed E-state index contributed by atoms with van der Waals surface area (Å²) in [7, 11) is 1.31. The van der Waals surface area contributed by atoms with Gasteiger partial charge in [0.2, 0.25) is 0 Å². The average Bonchev–Trinajstić information content (AvgIpc) is 2.25. The molecule has 0 unspecified atom stereocenters. The van der Waals surface area contributed by atoms with Crippen LogP contribution in [-0.2, 0) is 4.74 Å². The number of benzene rings is 1. The number of halogens is 1. The van der Waals surface area contributed by atoms with Gasteiger partial charge in [-0.3, -0.25) is 0 Å². The molecule has 0 N–H and O–H groups in total. The van der Waals surface area contributed by atoms with E-state index >= 15 is 0 Å². The summed E-state index contributed by atoms with van der Waals surface area (Å²) in [6.07, 6.45) is 1.59. The molecule has 0 heterocycles. The van der Waals surface area contributed by atoms with Crippen LogP contribution in [-0.4, -0.2) is 19.7 Å². The van der Waals surface area contributed by atoms with Gasteiger partial charge in [-0.2, -0.15) is 0 Å². The lowest BCUT2D eigenvalue weighted by Gasteiger charge is -2.08. The van der Waals surface area contributed by atoms with Crippen LogP contribution in [0.4, 0.5) is 0 Å². The van der Waals surface area contributed by atoms with Crippen LogP contribution in [0, 0.1) is 0 Å². The predicted octanol–water partition coefficient (Wildman–Crippen LogP) is 2.69. The Morgan fingerprint density at radius 2 is 2.33 bits per heavy atom. The first kappa shape index (κ1) is 11.6. The van der Waals surface area contributed by atoms with Gasteiger partial charge >= 0.3 is 5.97 Å². The lowest BCUT2D eigenvalue weighted by atomic mass is 10.2. The molecule has 0 aliphatic heterocycles. The van der Waals surface area contributed by atoms with E-state index in [9.17, 15) is 4.79 Å². The predicted molar refractivity (Wildman–Crippen MR) is 58.5 cm³/mol. The summed E-state index contributed by atoms with van der Waals surface area (Å²) in [5.41, 5.74) is 0.351. The largest absolute Gasteiger partial charge is 0.489 e. The van der Waals surface area contributed by atoms with Crippen LogP contribution in [0.3, 0.4) is 0 Å². The number of ether oxygens (including phenoxy) is 2. The minimum atomic E-state index is -0.453. The minimum absolute atomic E-state index is 0.310. The Balaban J connectivity index is 3.02. The molecule has 0 atom stereocenters. The zero-order valence-electron chi connectivity index (χ0n) is 8.33. The zero-order chi connectivity index (χ0) is 11.3. The minimum Gasteiger partial charge on any atom is -0.489 e. The van der Waals surface area contributed by atoms with E-state index in [1.165, 1.54) is 7.11 Å². The van der Waals surface area contributed by atoms with Crippen molar-refractivity contribution >= 4 is 17.6 Å². The Labute approximate surface area is 93.3 Å². The molecule has 0 fully saturated rings. The molecule has 80 valence electrons. The summed E-state index contributed by atoms with van der Waals surface area (Å²) in [6.45, 7) is 3.83. The van der Waals surface area contributed by atoms with E-state index in [4.69, 9.17) is 16.3 Å². The molecule has 0 aliphatic rings. The molecule has 0 spiro atoms. The summed E-state index contributed by atoms with van der Waals surface area (Å²) in [5, 5.41) is 0.502. The van der Waals surface area contributed by atoms with Gasteiger partial charge in [0.05, 0.1) is 7.11 Å². The fourth-order valence-electron chi connectivity index (χ4n) is 1.04. The van der Waals surface area contributed by atoms with E-state index in [0.29, 0.717) is 22.9 Å². The molecule has 0 amide bonds.